The van der Waals surface area contributed by atoms with Crippen molar-refractivity contribution in [3.05, 3.63) is 11.3 Å². The monoisotopic (exact) mass is 212 g/mol. The van der Waals surface area contributed by atoms with Gasteiger partial charge in [-0.25, -0.2) is 0 Å². The van der Waals surface area contributed by atoms with Gasteiger partial charge in [0.2, 0.25) is 0 Å². The Morgan fingerprint density at radius 2 is 2.13 bits per heavy atom. The highest BCUT2D eigenvalue weighted by Crippen LogP contribution is 2.21. The zero-order valence-electron chi connectivity index (χ0n) is 9.46. The van der Waals surface area contributed by atoms with Crippen molar-refractivity contribution in [3.63, 3.8) is 0 Å². The van der Waals surface area contributed by atoms with Gasteiger partial charge in [0.1, 0.15) is 0 Å². The van der Waals surface area contributed by atoms with Crippen LogP contribution in [0.2, 0.25) is 0 Å². The average molecular weight is 212 g/mol. The van der Waals surface area contributed by atoms with E-state index in [0.29, 0.717) is 12.1 Å². The van der Waals surface area contributed by atoms with Gasteiger partial charge in [-0.2, -0.15) is 0 Å². The van der Waals surface area contributed by atoms with Crippen LogP contribution in [0.5, 0.6) is 0 Å². The van der Waals surface area contributed by atoms with Crippen molar-refractivity contribution in [1.29, 1.82) is 0 Å². The molecule has 0 saturated heterocycles. The van der Waals surface area contributed by atoms with Crippen molar-refractivity contribution in [2.75, 3.05) is 20.7 Å². The minimum atomic E-state index is -0.261. The summed E-state index contributed by atoms with van der Waals surface area (Å²) in [5.41, 5.74) is 0.402. The normalized spacial score (nSPS) is 16.3. The fraction of sp³-hybridized carbons (Fsp3) is 0.600. The Labute approximate surface area is 89.1 Å². The SMILES string of the molecule is CNC(=O)C1=C(OC)C(=O)N(C(C)C)C1. The van der Waals surface area contributed by atoms with Crippen molar-refractivity contribution in [1.82, 2.24) is 10.2 Å². The zero-order valence-corrected chi connectivity index (χ0v) is 9.46. The van der Waals surface area contributed by atoms with Crippen LogP contribution in [-0.4, -0.2) is 43.5 Å². The summed E-state index contributed by atoms with van der Waals surface area (Å²) in [4.78, 5) is 24.8. The second-order valence-electron chi connectivity index (χ2n) is 3.62. The van der Waals surface area contributed by atoms with Crippen LogP contribution in [0.4, 0.5) is 0 Å². The minimum Gasteiger partial charge on any atom is -0.491 e. The number of nitrogens with one attached hydrogen (secondary N) is 1. The number of carbonyl (C=O) groups excluding carboxylic acids is 2. The van der Waals surface area contributed by atoms with Crippen LogP contribution in [0.25, 0.3) is 0 Å². The molecule has 1 aliphatic rings. The van der Waals surface area contributed by atoms with E-state index in [1.54, 1.807) is 4.90 Å². The number of hydrogen-bond acceptors (Lipinski definition) is 3. The summed E-state index contributed by atoms with van der Waals surface area (Å²) in [7, 11) is 2.94. The first-order valence-electron chi connectivity index (χ1n) is 4.83. The smallest absolute Gasteiger partial charge is 0.290 e. The van der Waals surface area contributed by atoms with Gasteiger partial charge in [-0.05, 0) is 13.8 Å². The maximum atomic E-state index is 11.8. The summed E-state index contributed by atoms with van der Waals surface area (Å²) in [6, 6.07) is 0.0600. The molecule has 0 spiro atoms. The second kappa shape index (κ2) is 4.33. The fourth-order valence-corrected chi connectivity index (χ4v) is 1.53. The quantitative estimate of drug-likeness (QED) is 0.709. The van der Waals surface area contributed by atoms with Crippen LogP contribution in [0.1, 0.15) is 13.8 Å². The number of amides is 2. The Balaban J connectivity index is 2.98. The maximum absolute atomic E-state index is 11.8. The van der Waals surface area contributed by atoms with Gasteiger partial charge >= 0.3 is 0 Å². The zero-order chi connectivity index (χ0) is 11.6. The van der Waals surface area contributed by atoms with E-state index in [1.807, 2.05) is 13.8 Å². The lowest BCUT2D eigenvalue weighted by Gasteiger charge is -2.20. The Bertz CT molecular complexity index is 321. The van der Waals surface area contributed by atoms with Gasteiger partial charge in [-0.15, -0.1) is 0 Å². The van der Waals surface area contributed by atoms with E-state index in [-0.39, 0.29) is 23.6 Å². The number of likely N-dealkylation sites (N-methyl/N-ethyl adjacent to an activating group) is 1. The molecule has 1 heterocycles. The molecule has 0 aromatic heterocycles. The lowest BCUT2D eigenvalue weighted by atomic mass is 10.2. The van der Waals surface area contributed by atoms with Crippen LogP contribution < -0.4 is 5.32 Å². The van der Waals surface area contributed by atoms with Crippen LogP contribution in [0, 0.1) is 0 Å². The van der Waals surface area contributed by atoms with Crippen LogP contribution >= 0.6 is 0 Å². The minimum absolute atomic E-state index is 0.0600. The number of methoxy groups -OCH3 is 1. The van der Waals surface area contributed by atoms with Crippen molar-refractivity contribution < 1.29 is 14.3 Å². The molecular weight excluding hydrogens is 196 g/mol. The molecule has 5 heteroatoms. The third-order valence-corrected chi connectivity index (χ3v) is 2.39. The standard InChI is InChI=1S/C10H16N2O3/c1-6(2)12-5-7(9(13)11-3)8(15-4)10(12)14/h6H,5H2,1-4H3,(H,11,13). The molecule has 0 aliphatic carbocycles. The number of carbonyl (C=O) groups is 2. The number of ether oxygens (including phenoxy) is 1. The van der Waals surface area contributed by atoms with Gasteiger partial charge in [0, 0.05) is 13.1 Å². The van der Waals surface area contributed by atoms with Gasteiger partial charge in [-0.1, -0.05) is 0 Å². The predicted octanol–water partition coefficient (Wildman–Crippen LogP) is -0.116. The molecule has 0 aromatic rings. The Kier molecular flexibility index (Phi) is 3.34. The Hall–Kier alpha value is -1.52. The van der Waals surface area contributed by atoms with Crippen LogP contribution in [0.15, 0.2) is 11.3 Å². The van der Waals surface area contributed by atoms with E-state index in [9.17, 15) is 9.59 Å². The van der Waals surface area contributed by atoms with E-state index < -0.39 is 0 Å². The van der Waals surface area contributed by atoms with Crippen LogP contribution in [-0.2, 0) is 14.3 Å². The van der Waals surface area contributed by atoms with Gasteiger partial charge in [0.25, 0.3) is 11.8 Å². The first kappa shape index (κ1) is 11.6. The third-order valence-electron chi connectivity index (χ3n) is 2.39. The molecule has 5 nitrogen and oxygen atoms in total. The second-order valence-corrected chi connectivity index (χ2v) is 3.62. The molecule has 2 amide bonds. The van der Waals surface area contributed by atoms with Crippen LogP contribution in [0.3, 0.4) is 0 Å². The van der Waals surface area contributed by atoms with E-state index in [2.05, 4.69) is 5.32 Å². The van der Waals surface area contributed by atoms with Gasteiger partial charge in [-0.3, -0.25) is 9.59 Å². The lowest BCUT2D eigenvalue weighted by molar-refractivity contribution is -0.129. The Morgan fingerprint density at radius 3 is 2.53 bits per heavy atom. The van der Waals surface area contributed by atoms with E-state index >= 15 is 0 Å². The Morgan fingerprint density at radius 1 is 1.53 bits per heavy atom. The maximum Gasteiger partial charge on any atom is 0.290 e. The van der Waals surface area contributed by atoms with Crippen molar-refractivity contribution in [2.24, 2.45) is 0 Å². The van der Waals surface area contributed by atoms with E-state index in [4.69, 9.17) is 4.74 Å². The first-order valence-corrected chi connectivity index (χ1v) is 4.83. The fourth-order valence-electron chi connectivity index (χ4n) is 1.53. The number of hydrogen-bond donors (Lipinski definition) is 1. The number of rotatable bonds is 3. The molecule has 84 valence electrons. The molecule has 0 unspecified atom stereocenters. The van der Waals surface area contributed by atoms with E-state index in [0.717, 1.165) is 0 Å². The summed E-state index contributed by atoms with van der Waals surface area (Å²) in [6.07, 6.45) is 0. The largest absolute Gasteiger partial charge is 0.491 e. The molecule has 0 bridgehead atoms. The third kappa shape index (κ3) is 1.95. The molecule has 1 rings (SSSR count). The van der Waals surface area contributed by atoms with E-state index in [1.165, 1.54) is 14.2 Å². The highest BCUT2D eigenvalue weighted by atomic mass is 16.5. The first-order chi connectivity index (χ1) is 7.02. The molecule has 0 atom stereocenters. The van der Waals surface area contributed by atoms with Gasteiger partial charge < -0.3 is 15.0 Å². The van der Waals surface area contributed by atoms with Crippen molar-refractivity contribution >= 4 is 11.8 Å². The highest BCUT2D eigenvalue weighted by molar-refractivity contribution is 6.07. The summed E-state index contributed by atoms with van der Waals surface area (Å²) in [5, 5.41) is 2.50. The molecule has 1 aliphatic heterocycles. The summed E-state index contributed by atoms with van der Waals surface area (Å²) < 4.78 is 4.97. The average Bonchev–Trinajstić information content (AvgIpc) is 2.54. The lowest BCUT2D eigenvalue weighted by Crippen LogP contribution is -2.34. The summed E-state index contributed by atoms with van der Waals surface area (Å²) in [5.74, 6) is -0.322. The van der Waals surface area contributed by atoms with Gasteiger partial charge in [0.05, 0.1) is 19.2 Å². The molecular formula is C10H16N2O3. The molecule has 0 saturated carbocycles. The summed E-state index contributed by atoms with van der Waals surface area (Å²) in [6.45, 7) is 4.12. The topological polar surface area (TPSA) is 58.6 Å². The summed E-state index contributed by atoms with van der Waals surface area (Å²) >= 11 is 0. The predicted molar refractivity (Wildman–Crippen MR) is 55.0 cm³/mol. The van der Waals surface area contributed by atoms with Gasteiger partial charge in [0.15, 0.2) is 5.76 Å². The molecule has 15 heavy (non-hydrogen) atoms. The highest BCUT2D eigenvalue weighted by Gasteiger charge is 2.35. The molecule has 0 fully saturated rings. The van der Waals surface area contributed by atoms with Crippen molar-refractivity contribution in [3.8, 4) is 0 Å². The molecule has 1 N–H and O–H groups in total. The molecule has 0 radical (unpaired) electrons. The molecule has 0 aromatic carbocycles. The number of nitrogens with zero attached hydrogens (tertiary/aromatic N) is 1. The van der Waals surface area contributed by atoms with Crippen molar-refractivity contribution in [2.45, 2.75) is 19.9 Å².